The third-order valence-corrected chi connectivity index (χ3v) is 5.54. The third-order valence-electron chi connectivity index (χ3n) is 5.31. The normalized spacial score (nSPS) is 14.0. The number of anilines is 2. The minimum absolute atomic E-state index is 0.0563. The van der Waals surface area contributed by atoms with Crippen molar-refractivity contribution in [2.75, 3.05) is 36.4 Å². The van der Waals surface area contributed by atoms with Gasteiger partial charge in [0.1, 0.15) is 17.5 Å². The molecule has 0 spiro atoms. The van der Waals surface area contributed by atoms with Gasteiger partial charge >= 0.3 is 0 Å². The van der Waals surface area contributed by atoms with Crippen molar-refractivity contribution in [2.45, 2.75) is 6.42 Å². The topological polar surface area (TPSA) is 65.5 Å². The van der Waals surface area contributed by atoms with Gasteiger partial charge in [0.25, 0.3) is 11.8 Å². The van der Waals surface area contributed by atoms with E-state index in [0.717, 1.165) is 25.1 Å². The number of nitrogens with zero attached hydrogens (tertiary/aromatic N) is 3. The molecule has 0 atom stereocenters. The quantitative estimate of drug-likeness (QED) is 0.604. The van der Waals surface area contributed by atoms with E-state index >= 15 is 0 Å². The summed E-state index contributed by atoms with van der Waals surface area (Å²) in [5.41, 5.74) is 0.849. The molecule has 0 bridgehead atoms. The van der Waals surface area contributed by atoms with E-state index in [0.29, 0.717) is 47.8 Å². The summed E-state index contributed by atoms with van der Waals surface area (Å²) in [6.07, 6.45) is 2.26. The highest BCUT2D eigenvalue weighted by molar-refractivity contribution is 6.30. The monoisotopic (exact) mass is 470 g/mol. The van der Waals surface area contributed by atoms with Crippen molar-refractivity contribution in [2.24, 2.45) is 0 Å². The van der Waals surface area contributed by atoms with Crippen LogP contribution in [0.2, 0.25) is 5.02 Å². The Morgan fingerprint density at radius 3 is 2.39 bits per heavy atom. The predicted octanol–water partition coefficient (Wildman–Crippen LogP) is 4.62. The van der Waals surface area contributed by atoms with E-state index in [1.807, 2.05) is 0 Å². The Hall–Kier alpha value is -3.52. The third kappa shape index (κ3) is 5.64. The van der Waals surface area contributed by atoms with E-state index in [2.05, 4.69) is 15.2 Å². The summed E-state index contributed by atoms with van der Waals surface area (Å²) >= 11 is 6.01. The first-order valence-corrected chi connectivity index (χ1v) is 10.8. The first kappa shape index (κ1) is 22.7. The highest BCUT2D eigenvalue weighted by atomic mass is 35.5. The smallest absolute Gasteiger partial charge is 0.255 e. The number of hydrogen-bond acceptors (Lipinski definition) is 4. The molecule has 9 heteroatoms. The zero-order chi connectivity index (χ0) is 23.4. The van der Waals surface area contributed by atoms with Gasteiger partial charge in [0.2, 0.25) is 0 Å². The molecule has 0 saturated carbocycles. The van der Waals surface area contributed by atoms with Crippen LogP contribution < -0.4 is 10.2 Å². The fourth-order valence-electron chi connectivity index (χ4n) is 3.69. The van der Waals surface area contributed by atoms with Gasteiger partial charge in [-0.3, -0.25) is 9.59 Å². The van der Waals surface area contributed by atoms with Gasteiger partial charge in [-0.1, -0.05) is 17.7 Å². The Balaban J connectivity index is 1.38. The van der Waals surface area contributed by atoms with Gasteiger partial charge in [-0.2, -0.15) is 0 Å². The second kappa shape index (κ2) is 9.95. The maximum absolute atomic E-state index is 13.3. The molecule has 1 aliphatic rings. The van der Waals surface area contributed by atoms with Crippen molar-refractivity contribution < 1.29 is 18.4 Å². The van der Waals surface area contributed by atoms with Gasteiger partial charge < -0.3 is 15.1 Å². The molecule has 0 unspecified atom stereocenters. The van der Waals surface area contributed by atoms with Crippen LogP contribution in [0.25, 0.3) is 0 Å². The summed E-state index contributed by atoms with van der Waals surface area (Å²) in [6, 6.07) is 13.0. The van der Waals surface area contributed by atoms with Crippen LogP contribution in [0.3, 0.4) is 0 Å². The van der Waals surface area contributed by atoms with Gasteiger partial charge in [-0.15, -0.1) is 0 Å². The predicted molar refractivity (Wildman–Crippen MR) is 123 cm³/mol. The number of aromatic nitrogens is 1. The van der Waals surface area contributed by atoms with Crippen molar-refractivity contribution in [1.29, 1.82) is 0 Å². The molecule has 1 saturated heterocycles. The second-order valence-corrected chi connectivity index (χ2v) is 8.10. The zero-order valence-electron chi connectivity index (χ0n) is 17.6. The van der Waals surface area contributed by atoms with E-state index < -0.39 is 17.5 Å². The van der Waals surface area contributed by atoms with Gasteiger partial charge in [-0.25, -0.2) is 13.8 Å². The molecule has 2 aromatic carbocycles. The first-order chi connectivity index (χ1) is 15.9. The van der Waals surface area contributed by atoms with E-state index in [1.54, 1.807) is 41.3 Å². The Morgan fingerprint density at radius 1 is 0.909 bits per heavy atom. The Kier molecular flexibility index (Phi) is 6.84. The second-order valence-electron chi connectivity index (χ2n) is 7.66. The average molecular weight is 471 g/mol. The number of carbonyl (C=O) groups excluding carboxylic acids is 2. The van der Waals surface area contributed by atoms with Crippen LogP contribution in [-0.4, -0.2) is 47.9 Å². The van der Waals surface area contributed by atoms with Crippen molar-refractivity contribution in [3.8, 4) is 0 Å². The lowest BCUT2D eigenvalue weighted by molar-refractivity contribution is 0.0767. The van der Waals surface area contributed by atoms with Gasteiger partial charge in [0, 0.05) is 48.4 Å². The molecule has 6 nitrogen and oxygen atoms in total. The number of amides is 2. The molecule has 2 amide bonds. The standard InChI is InChI=1S/C24H21ClF2N4O2/c25-18-4-1-3-16(11-18)24(33)31-8-2-7-30(9-10-31)22-6-5-21(15-28-22)29-23(32)17-12-19(26)14-20(27)13-17/h1,3-6,11-15H,2,7-10H2,(H,29,32). The van der Waals surface area contributed by atoms with Crippen molar-refractivity contribution in [3.63, 3.8) is 0 Å². The Morgan fingerprint density at radius 2 is 1.70 bits per heavy atom. The highest BCUT2D eigenvalue weighted by Crippen LogP contribution is 2.19. The molecule has 3 aromatic rings. The largest absolute Gasteiger partial charge is 0.355 e. The first-order valence-electron chi connectivity index (χ1n) is 10.4. The number of benzene rings is 2. The van der Waals surface area contributed by atoms with Gasteiger partial charge in [0.05, 0.1) is 11.9 Å². The van der Waals surface area contributed by atoms with Crippen molar-refractivity contribution >= 4 is 34.9 Å². The Labute approximate surface area is 194 Å². The van der Waals surface area contributed by atoms with Crippen LogP contribution in [0.5, 0.6) is 0 Å². The summed E-state index contributed by atoms with van der Waals surface area (Å²) in [5, 5.41) is 3.11. The lowest BCUT2D eigenvalue weighted by Crippen LogP contribution is -2.35. The highest BCUT2D eigenvalue weighted by Gasteiger charge is 2.21. The molecule has 1 aliphatic heterocycles. The maximum Gasteiger partial charge on any atom is 0.255 e. The molecular formula is C24H21ClF2N4O2. The van der Waals surface area contributed by atoms with Gasteiger partial charge in [-0.05, 0) is 48.9 Å². The number of halogens is 3. The van der Waals surface area contributed by atoms with Gasteiger partial charge in [0.15, 0.2) is 0 Å². The van der Waals surface area contributed by atoms with Crippen LogP contribution in [0.4, 0.5) is 20.3 Å². The summed E-state index contributed by atoms with van der Waals surface area (Å²) in [6.45, 7) is 2.49. The summed E-state index contributed by atoms with van der Waals surface area (Å²) in [5.74, 6) is -1.62. The fraction of sp³-hybridized carbons (Fsp3) is 0.208. The van der Waals surface area contributed by atoms with Crippen molar-refractivity contribution in [3.05, 3.63) is 88.6 Å². The van der Waals surface area contributed by atoms with Crippen LogP contribution >= 0.6 is 11.6 Å². The fourth-order valence-corrected chi connectivity index (χ4v) is 3.88. The van der Waals surface area contributed by atoms with E-state index in [-0.39, 0.29) is 11.5 Å². The molecule has 4 rings (SSSR count). The molecule has 0 radical (unpaired) electrons. The minimum atomic E-state index is -0.822. The lowest BCUT2D eigenvalue weighted by Gasteiger charge is -2.23. The molecule has 1 aromatic heterocycles. The number of nitrogens with one attached hydrogen (secondary N) is 1. The summed E-state index contributed by atoms with van der Waals surface area (Å²) < 4.78 is 26.7. The average Bonchev–Trinajstić information content (AvgIpc) is 3.05. The zero-order valence-corrected chi connectivity index (χ0v) is 18.4. The van der Waals surface area contributed by atoms with E-state index in [4.69, 9.17) is 11.6 Å². The van der Waals surface area contributed by atoms with E-state index in [1.165, 1.54) is 6.20 Å². The number of pyridine rings is 1. The molecule has 33 heavy (non-hydrogen) atoms. The molecule has 1 fully saturated rings. The summed E-state index contributed by atoms with van der Waals surface area (Å²) in [7, 11) is 0. The maximum atomic E-state index is 13.3. The molecule has 170 valence electrons. The molecule has 1 N–H and O–H groups in total. The van der Waals surface area contributed by atoms with Crippen LogP contribution in [-0.2, 0) is 0 Å². The summed E-state index contributed by atoms with van der Waals surface area (Å²) in [4.78, 5) is 33.3. The SMILES string of the molecule is O=C(Nc1ccc(N2CCCN(C(=O)c3cccc(Cl)c3)CC2)nc1)c1cc(F)cc(F)c1. The van der Waals surface area contributed by atoms with Crippen LogP contribution in [0.15, 0.2) is 60.8 Å². The van der Waals surface area contributed by atoms with Crippen molar-refractivity contribution in [1.82, 2.24) is 9.88 Å². The molecular weight excluding hydrogens is 450 g/mol. The van der Waals surface area contributed by atoms with E-state index in [9.17, 15) is 18.4 Å². The minimum Gasteiger partial charge on any atom is -0.355 e. The molecule has 0 aliphatic carbocycles. The molecule has 2 heterocycles. The van der Waals surface area contributed by atoms with Crippen LogP contribution in [0, 0.1) is 11.6 Å². The lowest BCUT2D eigenvalue weighted by atomic mass is 10.2. The Bertz CT molecular complexity index is 1150. The number of rotatable bonds is 4. The number of hydrogen-bond donors (Lipinski definition) is 1. The van der Waals surface area contributed by atoms with Crippen LogP contribution in [0.1, 0.15) is 27.1 Å². The number of carbonyl (C=O) groups is 2.